The van der Waals surface area contributed by atoms with Gasteiger partial charge in [-0.25, -0.2) is 0 Å². The molecule has 0 radical (unpaired) electrons. The van der Waals surface area contributed by atoms with Gasteiger partial charge in [0.25, 0.3) is 5.91 Å². The van der Waals surface area contributed by atoms with Gasteiger partial charge in [0, 0.05) is 16.6 Å². The summed E-state index contributed by atoms with van der Waals surface area (Å²) in [6, 6.07) is 13.7. The van der Waals surface area contributed by atoms with Gasteiger partial charge in [-0.3, -0.25) is 4.79 Å². The van der Waals surface area contributed by atoms with Gasteiger partial charge in [0.1, 0.15) is 0 Å². The van der Waals surface area contributed by atoms with Gasteiger partial charge in [0.05, 0.1) is 0 Å². The molecule has 2 rings (SSSR count). The van der Waals surface area contributed by atoms with E-state index in [2.05, 4.69) is 21.2 Å². The van der Waals surface area contributed by atoms with E-state index in [0.717, 1.165) is 33.3 Å². The van der Waals surface area contributed by atoms with Gasteiger partial charge in [-0.2, -0.15) is 0 Å². The second-order valence-electron chi connectivity index (χ2n) is 4.51. The average molecular weight is 318 g/mol. The molecule has 0 aliphatic carbocycles. The SMILES string of the molecule is Cc1cccc(C)c1C(=O)Nc1ccccc1CBr. The fourth-order valence-corrected chi connectivity index (χ4v) is 2.61. The first-order valence-electron chi connectivity index (χ1n) is 6.15. The van der Waals surface area contributed by atoms with Crippen LogP contribution in [0.15, 0.2) is 42.5 Å². The Labute approximate surface area is 122 Å². The molecule has 1 N–H and O–H groups in total. The van der Waals surface area contributed by atoms with Gasteiger partial charge in [0.2, 0.25) is 0 Å². The Hall–Kier alpha value is -1.61. The van der Waals surface area contributed by atoms with E-state index in [9.17, 15) is 4.79 Å². The van der Waals surface area contributed by atoms with E-state index >= 15 is 0 Å². The predicted octanol–water partition coefficient (Wildman–Crippen LogP) is 4.45. The maximum absolute atomic E-state index is 12.4. The van der Waals surface area contributed by atoms with Crippen LogP contribution in [0.4, 0.5) is 5.69 Å². The Morgan fingerprint density at radius 3 is 2.32 bits per heavy atom. The summed E-state index contributed by atoms with van der Waals surface area (Å²) in [7, 11) is 0. The summed E-state index contributed by atoms with van der Waals surface area (Å²) in [5.41, 5.74) is 4.67. The normalized spacial score (nSPS) is 10.3. The molecule has 19 heavy (non-hydrogen) atoms. The van der Waals surface area contributed by atoms with Crippen LogP contribution in [-0.4, -0.2) is 5.91 Å². The molecule has 0 aliphatic heterocycles. The monoisotopic (exact) mass is 317 g/mol. The van der Waals surface area contributed by atoms with Crippen molar-refractivity contribution in [3.8, 4) is 0 Å². The second kappa shape index (κ2) is 6.02. The first-order valence-corrected chi connectivity index (χ1v) is 7.27. The third-order valence-corrected chi connectivity index (χ3v) is 3.72. The van der Waals surface area contributed by atoms with E-state index in [4.69, 9.17) is 0 Å². The lowest BCUT2D eigenvalue weighted by Gasteiger charge is -2.12. The molecule has 0 spiro atoms. The fourth-order valence-electron chi connectivity index (χ4n) is 2.12. The van der Waals surface area contributed by atoms with Crippen molar-refractivity contribution in [3.05, 3.63) is 64.7 Å². The molecule has 0 saturated carbocycles. The maximum atomic E-state index is 12.4. The number of rotatable bonds is 3. The van der Waals surface area contributed by atoms with Gasteiger partial charge < -0.3 is 5.32 Å². The van der Waals surface area contributed by atoms with Crippen LogP contribution in [0.3, 0.4) is 0 Å². The number of carbonyl (C=O) groups excluding carboxylic acids is 1. The Morgan fingerprint density at radius 1 is 1.05 bits per heavy atom. The molecule has 0 aromatic heterocycles. The highest BCUT2D eigenvalue weighted by Crippen LogP contribution is 2.20. The number of halogens is 1. The lowest BCUT2D eigenvalue weighted by atomic mass is 10.0. The van der Waals surface area contributed by atoms with E-state index in [0.29, 0.717) is 0 Å². The summed E-state index contributed by atoms with van der Waals surface area (Å²) in [5, 5.41) is 3.71. The van der Waals surface area contributed by atoms with E-state index in [-0.39, 0.29) is 5.91 Å². The molecule has 1 amide bonds. The van der Waals surface area contributed by atoms with Crippen molar-refractivity contribution in [2.75, 3.05) is 5.32 Å². The number of hydrogen-bond donors (Lipinski definition) is 1. The lowest BCUT2D eigenvalue weighted by Crippen LogP contribution is -2.15. The van der Waals surface area contributed by atoms with Crippen LogP contribution in [0.25, 0.3) is 0 Å². The molecular formula is C16H16BrNO. The van der Waals surface area contributed by atoms with Crippen LogP contribution in [0.1, 0.15) is 27.0 Å². The Bertz CT molecular complexity index is 587. The van der Waals surface area contributed by atoms with Gasteiger partial charge in [-0.15, -0.1) is 0 Å². The van der Waals surface area contributed by atoms with Gasteiger partial charge in [-0.1, -0.05) is 52.3 Å². The number of benzene rings is 2. The number of hydrogen-bond acceptors (Lipinski definition) is 1. The van der Waals surface area contributed by atoms with Crippen LogP contribution < -0.4 is 5.32 Å². The number of carbonyl (C=O) groups is 1. The zero-order chi connectivity index (χ0) is 13.8. The molecule has 2 aromatic rings. The second-order valence-corrected chi connectivity index (χ2v) is 5.07. The van der Waals surface area contributed by atoms with Gasteiger partial charge in [-0.05, 0) is 36.6 Å². The maximum Gasteiger partial charge on any atom is 0.256 e. The standard InChI is InChI=1S/C16H16BrNO/c1-11-6-5-7-12(2)15(11)16(19)18-14-9-4-3-8-13(14)10-17/h3-9H,10H2,1-2H3,(H,18,19). The highest BCUT2D eigenvalue weighted by Gasteiger charge is 2.13. The minimum absolute atomic E-state index is 0.0519. The number of para-hydroxylation sites is 1. The van der Waals surface area contributed by atoms with Crippen LogP contribution >= 0.6 is 15.9 Å². The van der Waals surface area contributed by atoms with Gasteiger partial charge in [0.15, 0.2) is 0 Å². The van der Waals surface area contributed by atoms with Crippen LogP contribution in [0.2, 0.25) is 0 Å². The van der Waals surface area contributed by atoms with E-state index < -0.39 is 0 Å². The fraction of sp³-hybridized carbons (Fsp3) is 0.188. The number of nitrogens with one attached hydrogen (secondary N) is 1. The smallest absolute Gasteiger partial charge is 0.256 e. The summed E-state index contributed by atoms with van der Waals surface area (Å²) in [4.78, 5) is 12.4. The number of alkyl halides is 1. The van der Waals surface area contributed by atoms with Crippen molar-refractivity contribution < 1.29 is 4.79 Å². The molecule has 98 valence electrons. The average Bonchev–Trinajstić information content (AvgIpc) is 2.39. The van der Waals surface area contributed by atoms with Crippen molar-refractivity contribution in [2.24, 2.45) is 0 Å². The summed E-state index contributed by atoms with van der Waals surface area (Å²) in [5.74, 6) is -0.0519. The highest BCUT2D eigenvalue weighted by atomic mass is 79.9. The summed E-state index contributed by atoms with van der Waals surface area (Å²) < 4.78 is 0. The molecule has 2 aromatic carbocycles. The van der Waals surface area contributed by atoms with Crippen LogP contribution in [0, 0.1) is 13.8 Å². The van der Waals surface area contributed by atoms with Crippen LogP contribution in [0.5, 0.6) is 0 Å². The van der Waals surface area contributed by atoms with Crippen molar-refractivity contribution in [1.82, 2.24) is 0 Å². The molecule has 0 fully saturated rings. The summed E-state index contributed by atoms with van der Waals surface area (Å²) in [6.07, 6.45) is 0. The minimum Gasteiger partial charge on any atom is -0.322 e. The van der Waals surface area contributed by atoms with E-state index in [1.807, 2.05) is 56.3 Å². The molecule has 0 aliphatic rings. The highest BCUT2D eigenvalue weighted by molar-refractivity contribution is 9.08. The van der Waals surface area contributed by atoms with Crippen molar-refractivity contribution in [2.45, 2.75) is 19.2 Å². The molecular weight excluding hydrogens is 302 g/mol. The Morgan fingerprint density at radius 2 is 1.68 bits per heavy atom. The number of aryl methyl sites for hydroxylation is 2. The minimum atomic E-state index is -0.0519. The molecule has 2 nitrogen and oxygen atoms in total. The lowest BCUT2D eigenvalue weighted by molar-refractivity contribution is 0.102. The molecule has 0 saturated heterocycles. The number of amides is 1. The summed E-state index contributed by atoms with van der Waals surface area (Å²) >= 11 is 3.43. The molecule has 0 heterocycles. The van der Waals surface area contributed by atoms with Gasteiger partial charge >= 0.3 is 0 Å². The van der Waals surface area contributed by atoms with E-state index in [1.54, 1.807) is 0 Å². The molecule has 3 heteroatoms. The Kier molecular flexibility index (Phi) is 4.38. The summed E-state index contributed by atoms with van der Waals surface area (Å²) in [6.45, 7) is 3.91. The quantitative estimate of drug-likeness (QED) is 0.832. The zero-order valence-corrected chi connectivity index (χ0v) is 12.6. The van der Waals surface area contributed by atoms with Crippen molar-refractivity contribution >= 4 is 27.5 Å². The predicted molar refractivity (Wildman–Crippen MR) is 82.9 cm³/mol. The Balaban J connectivity index is 2.31. The molecule has 0 bridgehead atoms. The van der Waals surface area contributed by atoms with E-state index in [1.165, 1.54) is 0 Å². The van der Waals surface area contributed by atoms with Crippen molar-refractivity contribution in [1.29, 1.82) is 0 Å². The third kappa shape index (κ3) is 3.04. The largest absolute Gasteiger partial charge is 0.322 e. The molecule has 0 unspecified atom stereocenters. The van der Waals surface area contributed by atoms with Crippen LogP contribution in [-0.2, 0) is 5.33 Å². The van der Waals surface area contributed by atoms with Crippen molar-refractivity contribution in [3.63, 3.8) is 0 Å². The molecule has 0 atom stereocenters. The third-order valence-electron chi connectivity index (χ3n) is 3.12. The zero-order valence-electron chi connectivity index (χ0n) is 11.0. The first kappa shape index (κ1) is 13.8. The topological polar surface area (TPSA) is 29.1 Å². The first-order chi connectivity index (χ1) is 9.13. The number of anilines is 1.